The maximum absolute atomic E-state index is 8.82. The van der Waals surface area contributed by atoms with E-state index >= 15 is 0 Å². The van der Waals surface area contributed by atoms with Crippen molar-refractivity contribution < 1.29 is 29.5 Å². The molecule has 0 aromatic carbocycles. The first-order valence-corrected chi connectivity index (χ1v) is 2.88. The van der Waals surface area contributed by atoms with Crippen molar-refractivity contribution in [2.75, 3.05) is 0 Å². The van der Waals surface area contributed by atoms with Gasteiger partial charge in [-0.3, -0.25) is 0 Å². The molecular formula is H7BCaCrO4. The molecule has 0 fully saturated rings. The third-order valence-electron chi connectivity index (χ3n) is 0. The Balaban J connectivity index is -0.0000000800. The first kappa shape index (κ1) is 15.8. The van der Waals surface area contributed by atoms with Gasteiger partial charge in [0.05, 0.1) is 8.41 Å². The predicted molar refractivity (Wildman–Crippen MR) is 24.3 cm³/mol. The van der Waals surface area contributed by atoms with Gasteiger partial charge in [-0.25, -0.2) is 0 Å². The van der Waals surface area contributed by atoms with Gasteiger partial charge in [-0.15, -0.1) is 0 Å². The van der Waals surface area contributed by atoms with E-state index in [2.05, 4.69) is 0 Å². The second-order valence-corrected chi connectivity index (χ2v) is 1.85. The van der Waals surface area contributed by atoms with Gasteiger partial charge in [-0.05, 0) is 0 Å². The molecule has 0 heterocycles. The minimum atomic E-state index is -5.25. The summed E-state index contributed by atoms with van der Waals surface area (Å²) in [7, 11) is 0. The Morgan fingerprint density at radius 2 is 1.14 bits per heavy atom. The van der Waals surface area contributed by atoms with Crippen molar-refractivity contribution >= 4 is 46.2 Å². The molecule has 0 aromatic rings. The molecule has 0 saturated heterocycles. The quantitative estimate of drug-likeness (QED) is 0.374. The molecule has 7 heteroatoms. The standard InChI is InChI=1S/BH3.Ca.Cr.2H2O.2O.2H/h1H3;;;2*1H2;;;;/q;;+2;;;;;;/p-2. The molecule has 42 valence electrons. The summed E-state index contributed by atoms with van der Waals surface area (Å²) < 4.78 is 31.9. The Morgan fingerprint density at radius 3 is 1.14 bits per heavy atom. The van der Waals surface area contributed by atoms with Crippen LogP contribution in [0.5, 0.6) is 0 Å². The zero-order valence-electron chi connectivity index (χ0n) is 2.12. The second kappa shape index (κ2) is 5.51. The van der Waals surface area contributed by atoms with Crippen LogP contribution in [0.15, 0.2) is 0 Å². The molecule has 2 N–H and O–H groups in total. The molecule has 0 aromatic heterocycles. The van der Waals surface area contributed by atoms with Gasteiger partial charge in [0.1, 0.15) is 0 Å². The van der Waals surface area contributed by atoms with Crippen LogP contribution in [0, 0.1) is 0 Å². The Kier molecular flexibility index (Phi) is 12.4. The van der Waals surface area contributed by atoms with Gasteiger partial charge in [0, 0.05) is 0 Å². The molecule has 0 aliphatic heterocycles. The Labute approximate surface area is 74.9 Å². The molecule has 0 saturated carbocycles. The normalized spacial score (nSPS) is 8.29. The summed E-state index contributed by atoms with van der Waals surface area (Å²) in [5.41, 5.74) is 0. The molecule has 0 amide bonds. The van der Waals surface area contributed by atoms with Gasteiger partial charge in [-0.2, -0.15) is 0 Å². The SMILES string of the molecule is B.[CaH2].[O]=[Cr](=[O])([OH])[OH]. The summed E-state index contributed by atoms with van der Waals surface area (Å²) in [6.45, 7) is 0. The van der Waals surface area contributed by atoms with Crippen LogP contribution >= 0.6 is 0 Å². The molecule has 0 radical (unpaired) electrons. The van der Waals surface area contributed by atoms with E-state index in [1.165, 1.54) is 0 Å². The first-order chi connectivity index (χ1) is 2.00. The van der Waals surface area contributed by atoms with E-state index in [0.717, 1.165) is 0 Å². The third-order valence-corrected chi connectivity index (χ3v) is 0. The van der Waals surface area contributed by atoms with Crippen molar-refractivity contribution in [3.63, 3.8) is 0 Å². The van der Waals surface area contributed by atoms with Gasteiger partial charge >= 0.3 is 67.3 Å². The summed E-state index contributed by atoms with van der Waals surface area (Å²) in [6.07, 6.45) is 0. The van der Waals surface area contributed by atoms with Crippen LogP contribution in [0.25, 0.3) is 0 Å². The zero-order chi connectivity index (χ0) is 4.50. The maximum atomic E-state index is 8.82. The van der Waals surface area contributed by atoms with E-state index in [1.54, 1.807) is 0 Å². The molecule has 0 spiro atoms. The Bertz CT molecular complexity index is 94.9. The van der Waals surface area contributed by atoms with Gasteiger partial charge in [0.15, 0.2) is 0 Å². The molecule has 0 aliphatic carbocycles. The molecular weight excluding hydrogens is 167 g/mol. The summed E-state index contributed by atoms with van der Waals surface area (Å²) in [4.78, 5) is 0. The van der Waals surface area contributed by atoms with Crippen LogP contribution in [0.3, 0.4) is 0 Å². The fraction of sp³-hybridized carbons (Fsp3) is 0. The van der Waals surface area contributed by atoms with Crippen LogP contribution in [-0.2, 0) is 21.2 Å². The summed E-state index contributed by atoms with van der Waals surface area (Å²) in [6, 6.07) is 0. The Morgan fingerprint density at radius 1 is 1.14 bits per heavy atom. The average molecular weight is 174 g/mol. The molecule has 0 bridgehead atoms. The molecule has 0 aliphatic rings. The minimum absolute atomic E-state index is 0. The van der Waals surface area contributed by atoms with E-state index in [0.29, 0.717) is 0 Å². The van der Waals surface area contributed by atoms with Gasteiger partial charge in [-0.1, -0.05) is 0 Å². The summed E-state index contributed by atoms with van der Waals surface area (Å²) >= 11 is -5.25. The molecule has 0 rings (SSSR count). The monoisotopic (exact) mass is 174 g/mol. The van der Waals surface area contributed by atoms with Gasteiger partial charge in [0.2, 0.25) is 0 Å². The van der Waals surface area contributed by atoms with Crippen molar-refractivity contribution in [2.45, 2.75) is 0 Å². The zero-order valence-corrected chi connectivity index (χ0v) is 3.39. The summed E-state index contributed by atoms with van der Waals surface area (Å²) in [5, 5.41) is 0. The van der Waals surface area contributed by atoms with Crippen LogP contribution < -0.4 is 0 Å². The van der Waals surface area contributed by atoms with Crippen LogP contribution in [0.2, 0.25) is 0 Å². The van der Waals surface area contributed by atoms with Crippen LogP contribution in [0.4, 0.5) is 0 Å². The van der Waals surface area contributed by atoms with Crippen LogP contribution in [0.1, 0.15) is 0 Å². The molecule has 0 atom stereocenters. The van der Waals surface area contributed by atoms with E-state index in [4.69, 9.17) is 15.9 Å². The number of hydrogen-bond donors (Lipinski definition) is 2. The fourth-order valence-corrected chi connectivity index (χ4v) is 0. The van der Waals surface area contributed by atoms with E-state index in [-0.39, 0.29) is 46.2 Å². The van der Waals surface area contributed by atoms with Crippen molar-refractivity contribution in [1.29, 1.82) is 0 Å². The predicted octanol–water partition coefficient (Wildman–Crippen LogP) is -3.45. The van der Waals surface area contributed by atoms with Gasteiger partial charge < -0.3 is 0 Å². The Hall–Kier alpha value is 1.38. The summed E-state index contributed by atoms with van der Waals surface area (Å²) in [5.74, 6) is 0. The first-order valence-electron chi connectivity index (χ1n) is 0.698. The van der Waals surface area contributed by atoms with Crippen molar-refractivity contribution in [1.82, 2.24) is 0 Å². The fourth-order valence-electron chi connectivity index (χ4n) is 0. The second-order valence-electron chi connectivity index (χ2n) is 0.448. The molecule has 7 heavy (non-hydrogen) atoms. The van der Waals surface area contributed by atoms with Crippen molar-refractivity contribution in [2.24, 2.45) is 0 Å². The molecule has 4 nitrogen and oxygen atoms in total. The topological polar surface area (TPSA) is 74.6 Å². The van der Waals surface area contributed by atoms with E-state index in [9.17, 15) is 0 Å². The van der Waals surface area contributed by atoms with Gasteiger partial charge in [0.25, 0.3) is 0 Å². The third kappa shape index (κ3) is 112. The number of rotatable bonds is 0. The van der Waals surface area contributed by atoms with E-state index < -0.39 is 13.6 Å². The van der Waals surface area contributed by atoms with Crippen LogP contribution in [-0.4, -0.2) is 54.5 Å². The molecule has 0 unspecified atom stereocenters. The van der Waals surface area contributed by atoms with E-state index in [1.807, 2.05) is 0 Å². The van der Waals surface area contributed by atoms with Crippen molar-refractivity contribution in [3.8, 4) is 0 Å². The number of hydrogen-bond acceptors (Lipinski definition) is 2. The average Bonchev–Trinajstić information content (AvgIpc) is 0.722. The van der Waals surface area contributed by atoms with Crippen molar-refractivity contribution in [3.05, 3.63) is 0 Å².